The Morgan fingerprint density at radius 3 is 2.94 bits per heavy atom. The number of hydrogen-bond donors (Lipinski definition) is 1. The van der Waals surface area contributed by atoms with E-state index in [1.54, 1.807) is 6.20 Å². The van der Waals surface area contributed by atoms with Gasteiger partial charge in [0.15, 0.2) is 0 Å². The number of nitrogens with zero attached hydrogens (tertiary/aromatic N) is 2. The lowest BCUT2D eigenvalue weighted by Crippen LogP contribution is -2.49. The maximum absolute atomic E-state index is 8.76. The van der Waals surface area contributed by atoms with Crippen LogP contribution in [-0.2, 0) is 6.54 Å². The first-order valence-electron chi connectivity index (χ1n) is 5.88. The molecule has 0 amide bonds. The standard InChI is InChI=1S/C13H17N3/c1-2-13(5-3-6-13)16-10-11-4-7-15-12(8-11)9-14/h4,7-8,16H,2-3,5-6,10H2,1H3. The molecule has 0 unspecified atom stereocenters. The maximum atomic E-state index is 8.76. The van der Waals surface area contributed by atoms with Crippen LogP contribution in [0.3, 0.4) is 0 Å². The number of hydrogen-bond acceptors (Lipinski definition) is 3. The summed E-state index contributed by atoms with van der Waals surface area (Å²) in [7, 11) is 0. The smallest absolute Gasteiger partial charge is 0.140 e. The summed E-state index contributed by atoms with van der Waals surface area (Å²) in [6.45, 7) is 3.07. The van der Waals surface area contributed by atoms with E-state index >= 15 is 0 Å². The Bertz CT molecular complexity index is 396. The second-order valence-electron chi connectivity index (χ2n) is 4.50. The molecule has 16 heavy (non-hydrogen) atoms. The lowest BCUT2D eigenvalue weighted by Gasteiger charge is -2.42. The van der Waals surface area contributed by atoms with Crippen LogP contribution in [0.1, 0.15) is 43.9 Å². The summed E-state index contributed by atoms with van der Waals surface area (Å²) in [4.78, 5) is 3.97. The third-order valence-corrected chi connectivity index (χ3v) is 3.59. The van der Waals surface area contributed by atoms with Crippen molar-refractivity contribution < 1.29 is 0 Å². The molecule has 0 saturated heterocycles. The van der Waals surface area contributed by atoms with Gasteiger partial charge < -0.3 is 5.32 Å². The van der Waals surface area contributed by atoms with Crippen molar-refractivity contribution in [3.63, 3.8) is 0 Å². The van der Waals surface area contributed by atoms with Crippen molar-refractivity contribution >= 4 is 0 Å². The van der Waals surface area contributed by atoms with Crippen LogP contribution in [-0.4, -0.2) is 10.5 Å². The summed E-state index contributed by atoms with van der Waals surface area (Å²) in [5.74, 6) is 0. The molecule has 0 radical (unpaired) electrons. The van der Waals surface area contributed by atoms with Crippen molar-refractivity contribution in [1.82, 2.24) is 10.3 Å². The van der Waals surface area contributed by atoms with Gasteiger partial charge in [-0.25, -0.2) is 4.98 Å². The Balaban J connectivity index is 1.96. The number of nitriles is 1. The average molecular weight is 215 g/mol. The highest BCUT2D eigenvalue weighted by atomic mass is 15.0. The van der Waals surface area contributed by atoms with Crippen LogP contribution < -0.4 is 5.32 Å². The predicted molar refractivity (Wildman–Crippen MR) is 62.7 cm³/mol. The Morgan fingerprint density at radius 2 is 2.38 bits per heavy atom. The molecule has 1 heterocycles. The summed E-state index contributed by atoms with van der Waals surface area (Å²) in [5, 5.41) is 12.4. The van der Waals surface area contributed by atoms with Crippen molar-refractivity contribution in [2.75, 3.05) is 0 Å². The number of aromatic nitrogens is 1. The summed E-state index contributed by atoms with van der Waals surface area (Å²) < 4.78 is 0. The molecule has 1 aliphatic rings. The van der Waals surface area contributed by atoms with Gasteiger partial charge in [0, 0.05) is 18.3 Å². The number of rotatable bonds is 4. The van der Waals surface area contributed by atoms with Gasteiger partial charge in [0.25, 0.3) is 0 Å². The average Bonchev–Trinajstić information content (AvgIpc) is 2.29. The molecule has 3 nitrogen and oxygen atoms in total. The fraction of sp³-hybridized carbons (Fsp3) is 0.538. The Hall–Kier alpha value is -1.40. The van der Waals surface area contributed by atoms with E-state index < -0.39 is 0 Å². The normalized spacial score (nSPS) is 17.5. The van der Waals surface area contributed by atoms with Crippen molar-refractivity contribution in [2.24, 2.45) is 0 Å². The Labute approximate surface area is 96.5 Å². The highest BCUT2D eigenvalue weighted by Crippen LogP contribution is 2.34. The van der Waals surface area contributed by atoms with Gasteiger partial charge in [0.1, 0.15) is 11.8 Å². The molecule has 0 atom stereocenters. The molecule has 1 saturated carbocycles. The molecular weight excluding hydrogens is 198 g/mol. The third kappa shape index (κ3) is 2.23. The lowest BCUT2D eigenvalue weighted by molar-refractivity contribution is 0.175. The van der Waals surface area contributed by atoms with Crippen LogP contribution in [0.5, 0.6) is 0 Å². The van der Waals surface area contributed by atoms with E-state index in [0.29, 0.717) is 11.2 Å². The number of pyridine rings is 1. The van der Waals surface area contributed by atoms with Crippen LogP contribution in [0.2, 0.25) is 0 Å². The summed E-state index contributed by atoms with van der Waals surface area (Å²) in [5.41, 5.74) is 2.00. The van der Waals surface area contributed by atoms with E-state index in [2.05, 4.69) is 23.3 Å². The van der Waals surface area contributed by atoms with E-state index in [0.717, 1.165) is 12.1 Å². The summed E-state index contributed by atoms with van der Waals surface area (Å²) >= 11 is 0. The summed E-state index contributed by atoms with van der Waals surface area (Å²) in [6.07, 6.45) is 6.78. The molecule has 0 spiro atoms. The first-order valence-corrected chi connectivity index (χ1v) is 5.88. The Kier molecular flexibility index (Phi) is 3.21. The maximum Gasteiger partial charge on any atom is 0.140 e. The van der Waals surface area contributed by atoms with Crippen LogP contribution in [0.25, 0.3) is 0 Å². The monoisotopic (exact) mass is 215 g/mol. The van der Waals surface area contributed by atoms with Gasteiger partial charge in [-0.15, -0.1) is 0 Å². The minimum Gasteiger partial charge on any atom is -0.307 e. The first kappa shape index (κ1) is 11.1. The zero-order valence-corrected chi connectivity index (χ0v) is 9.66. The predicted octanol–water partition coefficient (Wildman–Crippen LogP) is 2.38. The van der Waals surface area contributed by atoms with Crippen molar-refractivity contribution in [1.29, 1.82) is 5.26 Å². The molecule has 1 aromatic rings. The quantitative estimate of drug-likeness (QED) is 0.838. The molecular formula is C13H17N3. The topological polar surface area (TPSA) is 48.7 Å². The largest absolute Gasteiger partial charge is 0.307 e. The van der Waals surface area contributed by atoms with Crippen molar-refractivity contribution in [3.05, 3.63) is 29.6 Å². The van der Waals surface area contributed by atoms with Crippen LogP contribution in [0.4, 0.5) is 0 Å². The minimum atomic E-state index is 0.357. The molecule has 0 aliphatic heterocycles. The minimum absolute atomic E-state index is 0.357. The van der Waals surface area contributed by atoms with E-state index in [9.17, 15) is 0 Å². The SMILES string of the molecule is CCC1(NCc2ccnc(C#N)c2)CCC1. The first-order chi connectivity index (χ1) is 7.78. The fourth-order valence-electron chi connectivity index (χ4n) is 2.19. The van der Waals surface area contributed by atoms with E-state index in [1.165, 1.54) is 25.7 Å². The molecule has 0 aromatic carbocycles. The van der Waals surface area contributed by atoms with Gasteiger partial charge in [-0.2, -0.15) is 5.26 Å². The van der Waals surface area contributed by atoms with Gasteiger partial charge in [-0.05, 0) is 43.4 Å². The van der Waals surface area contributed by atoms with Gasteiger partial charge in [0.2, 0.25) is 0 Å². The van der Waals surface area contributed by atoms with Crippen molar-refractivity contribution in [2.45, 2.75) is 44.7 Å². The molecule has 3 heteroatoms. The van der Waals surface area contributed by atoms with Gasteiger partial charge in [-0.3, -0.25) is 0 Å². The van der Waals surface area contributed by atoms with Crippen molar-refractivity contribution in [3.8, 4) is 6.07 Å². The van der Waals surface area contributed by atoms with E-state index in [-0.39, 0.29) is 0 Å². The molecule has 1 N–H and O–H groups in total. The summed E-state index contributed by atoms with van der Waals surface area (Å²) in [6, 6.07) is 5.89. The van der Waals surface area contributed by atoms with Crippen LogP contribution in [0.15, 0.2) is 18.3 Å². The van der Waals surface area contributed by atoms with E-state index in [1.807, 2.05) is 12.1 Å². The van der Waals surface area contributed by atoms with Gasteiger partial charge in [0.05, 0.1) is 0 Å². The van der Waals surface area contributed by atoms with Gasteiger partial charge in [-0.1, -0.05) is 6.92 Å². The highest BCUT2D eigenvalue weighted by Gasteiger charge is 2.34. The second-order valence-corrected chi connectivity index (χ2v) is 4.50. The second kappa shape index (κ2) is 4.63. The molecule has 2 rings (SSSR count). The molecule has 1 aromatic heterocycles. The highest BCUT2D eigenvalue weighted by molar-refractivity contribution is 5.25. The molecule has 1 aliphatic carbocycles. The van der Waals surface area contributed by atoms with Crippen LogP contribution in [0, 0.1) is 11.3 Å². The number of nitrogens with one attached hydrogen (secondary N) is 1. The molecule has 0 bridgehead atoms. The third-order valence-electron chi connectivity index (χ3n) is 3.59. The van der Waals surface area contributed by atoms with Gasteiger partial charge >= 0.3 is 0 Å². The zero-order valence-electron chi connectivity index (χ0n) is 9.66. The fourth-order valence-corrected chi connectivity index (χ4v) is 2.19. The zero-order chi connectivity index (χ0) is 11.4. The van der Waals surface area contributed by atoms with E-state index in [4.69, 9.17) is 5.26 Å². The molecule has 84 valence electrons. The molecule has 1 fully saturated rings. The van der Waals surface area contributed by atoms with Crippen LogP contribution >= 0.6 is 0 Å². The Morgan fingerprint density at radius 1 is 1.56 bits per heavy atom. The lowest BCUT2D eigenvalue weighted by atomic mass is 9.75.